The molecule has 0 spiro atoms. The number of aryl methyl sites for hydroxylation is 1. The molecule has 0 saturated carbocycles. The number of anilines is 1. The van der Waals surface area contributed by atoms with Gasteiger partial charge in [0.05, 0.1) is 10.5 Å². The van der Waals surface area contributed by atoms with E-state index in [4.69, 9.17) is 0 Å². The maximum atomic E-state index is 12.6. The lowest BCUT2D eigenvalue weighted by molar-refractivity contribution is -0.384. The van der Waals surface area contributed by atoms with Crippen LogP contribution in [0.5, 0.6) is 0 Å². The molecule has 0 unspecified atom stereocenters. The molecule has 0 aliphatic heterocycles. The molecule has 0 heterocycles. The first-order valence-corrected chi connectivity index (χ1v) is 7.08. The fraction of sp³-hybridized carbons (Fsp3) is 0.118. The van der Waals surface area contributed by atoms with Gasteiger partial charge in [0.1, 0.15) is 5.69 Å². The van der Waals surface area contributed by atoms with Crippen LogP contribution in [0.4, 0.5) is 24.5 Å². The lowest BCUT2D eigenvalue weighted by Crippen LogP contribution is -2.09. The van der Waals surface area contributed by atoms with E-state index in [2.05, 4.69) is 5.32 Å². The third-order valence-corrected chi connectivity index (χ3v) is 3.25. The summed E-state index contributed by atoms with van der Waals surface area (Å²) in [5, 5.41) is 13.3. The summed E-state index contributed by atoms with van der Waals surface area (Å²) in [6, 6.07) is 8.76. The van der Waals surface area contributed by atoms with Crippen molar-refractivity contribution in [1.29, 1.82) is 0 Å². The van der Waals surface area contributed by atoms with E-state index in [0.29, 0.717) is 5.56 Å². The Kier molecular flexibility index (Phi) is 5.21. The van der Waals surface area contributed by atoms with Crippen molar-refractivity contribution < 1.29 is 22.9 Å². The summed E-state index contributed by atoms with van der Waals surface area (Å²) in [7, 11) is 0. The van der Waals surface area contributed by atoms with Gasteiger partial charge in [-0.3, -0.25) is 14.9 Å². The molecule has 1 N–H and O–H groups in total. The van der Waals surface area contributed by atoms with Crippen molar-refractivity contribution in [2.45, 2.75) is 13.1 Å². The second-order valence-electron chi connectivity index (χ2n) is 5.22. The highest BCUT2D eigenvalue weighted by Crippen LogP contribution is 2.30. The van der Waals surface area contributed by atoms with E-state index in [1.54, 1.807) is 13.0 Å². The van der Waals surface area contributed by atoms with Crippen molar-refractivity contribution in [2.75, 3.05) is 5.32 Å². The zero-order chi connectivity index (χ0) is 18.6. The number of nitro groups is 1. The Bertz CT molecular complexity index is 845. The number of hydrogen-bond donors (Lipinski definition) is 1. The van der Waals surface area contributed by atoms with Gasteiger partial charge in [-0.2, -0.15) is 13.2 Å². The standard InChI is InChI=1S/C17H13F3N2O3/c1-11-5-7-14(15(9-11)22(24)25)21-16(23)8-6-12-3-2-4-13(10-12)17(18,19)20/h2-10H,1H3,(H,21,23)/b8-6+. The van der Waals surface area contributed by atoms with E-state index in [-0.39, 0.29) is 16.9 Å². The van der Waals surface area contributed by atoms with Gasteiger partial charge in [-0.05, 0) is 42.3 Å². The van der Waals surface area contributed by atoms with Crippen LogP contribution in [0, 0.1) is 17.0 Å². The summed E-state index contributed by atoms with van der Waals surface area (Å²) in [6.07, 6.45) is -2.27. The van der Waals surface area contributed by atoms with Crippen LogP contribution < -0.4 is 5.32 Å². The van der Waals surface area contributed by atoms with Gasteiger partial charge in [0.15, 0.2) is 0 Å². The van der Waals surface area contributed by atoms with E-state index in [9.17, 15) is 28.1 Å². The molecule has 5 nitrogen and oxygen atoms in total. The Labute approximate surface area is 140 Å². The predicted molar refractivity (Wildman–Crippen MR) is 86.9 cm³/mol. The third-order valence-electron chi connectivity index (χ3n) is 3.25. The molecule has 2 aromatic rings. The number of hydrogen-bond acceptors (Lipinski definition) is 3. The molecule has 8 heteroatoms. The van der Waals surface area contributed by atoms with Crippen LogP contribution in [0.2, 0.25) is 0 Å². The highest BCUT2D eigenvalue weighted by atomic mass is 19.4. The molecule has 0 radical (unpaired) electrons. The SMILES string of the molecule is Cc1ccc(NC(=O)/C=C/c2cccc(C(F)(F)F)c2)c([N+](=O)[O-])c1. The van der Waals surface area contributed by atoms with Crippen LogP contribution in [0.15, 0.2) is 48.5 Å². The molecule has 0 aromatic heterocycles. The van der Waals surface area contributed by atoms with Gasteiger partial charge >= 0.3 is 6.18 Å². The van der Waals surface area contributed by atoms with Gasteiger partial charge in [0.2, 0.25) is 5.91 Å². The number of benzene rings is 2. The Balaban J connectivity index is 2.16. The molecule has 130 valence electrons. The van der Waals surface area contributed by atoms with Gasteiger partial charge in [-0.15, -0.1) is 0 Å². The largest absolute Gasteiger partial charge is 0.416 e. The summed E-state index contributed by atoms with van der Waals surface area (Å²) in [5.74, 6) is -0.690. The fourth-order valence-electron chi connectivity index (χ4n) is 2.06. The second-order valence-corrected chi connectivity index (χ2v) is 5.22. The zero-order valence-electron chi connectivity index (χ0n) is 13.0. The average Bonchev–Trinajstić information content (AvgIpc) is 2.54. The summed E-state index contributed by atoms with van der Waals surface area (Å²) >= 11 is 0. The fourth-order valence-corrected chi connectivity index (χ4v) is 2.06. The van der Waals surface area contributed by atoms with Crippen LogP contribution in [0.25, 0.3) is 6.08 Å². The monoisotopic (exact) mass is 350 g/mol. The van der Waals surface area contributed by atoms with Crippen LogP contribution >= 0.6 is 0 Å². The molecule has 0 saturated heterocycles. The van der Waals surface area contributed by atoms with Crippen molar-refractivity contribution >= 4 is 23.4 Å². The Morgan fingerprint density at radius 1 is 1.20 bits per heavy atom. The first-order chi connectivity index (χ1) is 11.7. The molecular formula is C17H13F3N2O3. The molecule has 25 heavy (non-hydrogen) atoms. The summed E-state index contributed by atoms with van der Waals surface area (Å²) in [6.45, 7) is 1.67. The van der Waals surface area contributed by atoms with Crippen molar-refractivity contribution in [3.05, 3.63) is 75.3 Å². The molecule has 0 aliphatic carbocycles. The van der Waals surface area contributed by atoms with Crippen LogP contribution in [-0.4, -0.2) is 10.8 Å². The van der Waals surface area contributed by atoms with Gasteiger partial charge < -0.3 is 5.32 Å². The van der Waals surface area contributed by atoms with Crippen molar-refractivity contribution in [3.63, 3.8) is 0 Å². The number of halogens is 3. The number of nitrogens with zero attached hydrogens (tertiary/aromatic N) is 1. The maximum Gasteiger partial charge on any atom is 0.416 e. The van der Waals surface area contributed by atoms with Gasteiger partial charge in [-0.25, -0.2) is 0 Å². The van der Waals surface area contributed by atoms with Crippen molar-refractivity contribution in [1.82, 2.24) is 0 Å². The van der Waals surface area contributed by atoms with Crippen molar-refractivity contribution in [2.24, 2.45) is 0 Å². The number of nitrogens with one attached hydrogen (secondary N) is 1. The quantitative estimate of drug-likeness (QED) is 0.499. The second kappa shape index (κ2) is 7.16. The van der Waals surface area contributed by atoms with Crippen LogP contribution in [0.3, 0.4) is 0 Å². The van der Waals surface area contributed by atoms with Gasteiger partial charge in [0.25, 0.3) is 5.69 Å². The summed E-state index contributed by atoms with van der Waals surface area (Å²) < 4.78 is 37.9. The molecule has 0 bridgehead atoms. The minimum atomic E-state index is -4.48. The normalized spacial score (nSPS) is 11.5. The highest BCUT2D eigenvalue weighted by Gasteiger charge is 2.30. The molecule has 2 aromatic carbocycles. The molecule has 2 rings (SSSR count). The molecule has 1 amide bonds. The zero-order valence-corrected chi connectivity index (χ0v) is 13.0. The first-order valence-electron chi connectivity index (χ1n) is 7.08. The van der Waals surface area contributed by atoms with Gasteiger partial charge in [-0.1, -0.05) is 18.2 Å². The van der Waals surface area contributed by atoms with Crippen molar-refractivity contribution in [3.8, 4) is 0 Å². The first kappa shape index (κ1) is 18.2. The van der Waals surface area contributed by atoms with E-state index < -0.39 is 22.6 Å². The number of nitro benzene ring substituents is 1. The minimum absolute atomic E-state index is 0.00860. The number of carbonyl (C=O) groups excluding carboxylic acids is 1. The van der Waals surface area contributed by atoms with E-state index in [1.165, 1.54) is 30.3 Å². The predicted octanol–water partition coefficient (Wildman–Crippen LogP) is 4.57. The summed E-state index contributed by atoms with van der Waals surface area (Å²) in [5.41, 5.74) is -0.244. The van der Waals surface area contributed by atoms with Crippen LogP contribution in [-0.2, 0) is 11.0 Å². The summed E-state index contributed by atoms with van der Waals surface area (Å²) in [4.78, 5) is 22.3. The minimum Gasteiger partial charge on any atom is -0.317 e. The highest BCUT2D eigenvalue weighted by molar-refractivity contribution is 6.03. The lowest BCUT2D eigenvalue weighted by atomic mass is 10.1. The van der Waals surface area contributed by atoms with E-state index in [1.807, 2.05) is 0 Å². The number of rotatable bonds is 4. The van der Waals surface area contributed by atoms with Gasteiger partial charge in [0, 0.05) is 12.1 Å². The third kappa shape index (κ3) is 4.90. The molecule has 0 fully saturated rings. The maximum absolute atomic E-state index is 12.6. The van der Waals surface area contributed by atoms with Crippen LogP contribution in [0.1, 0.15) is 16.7 Å². The molecule has 0 aliphatic rings. The smallest absolute Gasteiger partial charge is 0.317 e. The Morgan fingerprint density at radius 2 is 1.92 bits per heavy atom. The average molecular weight is 350 g/mol. The Morgan fingerprint density at radius 3 is 2.56 bits per heavy atom. The number of alkyl halides is 3. The Hall–Kier alpha value is -3.16. The number of carbonyl (C=O) groups is 1. The van der Waals surface area contributed by atoms with E-state index in [0.717, 1.165) is 18.2 Å². The molecular weight excluding hydrogens is 337 g/mol. The lowest BCUT2D eigenvalue weighted by Gasteiger charge is -2.07. The number of amides is 1. The molecule has 0 atom stereocenters. The van der Waals surface area contributed by atoms with E-state index >= 15 is 0 Å². The topological polar surface area (TPSA) is 72.2 Å².